The van der Waals surface area contributed by atoms with Crippen LogP contribution in [0.25, 0.3) is 0 Å². The number of nitrogens with one attached hydrogen (secondary N) is 1. The zero-order valence-electron chi connectivity index (χ0n) is 9.16. The van der Waals surface area contributed by atoms with Crippen LogP contribution in [0.4, 0.5) is 0 Å². The Hall–Kier alpha value is -0.870. The minimum Gasteiger partial charge on any atom is -0.478 e. The van der Waals surface area contributed by atoms with Gasteiger partial charge < -0.3 is 9.84 Å². The van der Waals surface area contributed by atoms with Crippen LogP contribution >= 0.6 is 0 Å². The molecule has 1 atom stereocenters. The Morgan fingerprint density at radius 2 is 2.40 bits per heavy atom. The molecule has 1 aliphatic rings. The number of hydrogen-bond acceptors (Lipinski definition) is 3. The molecule has 1 unspecified atom stereocenters. The lowest BCUT2D eigenvalue weighted by atomic mass is 10.1. The smallest absolute Gasteiger partial charge is 0.330 e. The van der Waals surface area contributed by atoms with Gasteiger partial charge in [-0.2, -0.15) is 0 Å². The first kappa shape index (κ1) is 12.2. The fourth-order valence-electron chi connectivity index (χ4n) is 1.55. The van der Waals surface area contributed by atoms with Crippen molar-refractivity contribution in [2.24, 2.45) is 0 Å². The first-order valence-corrected chi connectivity index (χ1v) is 5.45. The van der Waals surface area contributed by atoms with E-state index in [0.717, 1.165) is 38.8 Å². The highest BCUT2D eigenvalue weighted by Crippen LogP contribution is 2.09. The fraction of sp³-hybridized carbons (Fsp3) is 0.727. The van der Waals surface area contributed by atoms with Gasteiger partial charge in [-0.15, -0.1) is 0 Å². The molecule has 1 heterocycles. The highest BCUT2D eigenvalue weighted by Gasteiger charge is 2.12. The van der Waals surface area contributed by atoms with Gasteiger partial charge in [-0.05, 0) is 32.6 Å². The van der Waals surface area contributed by atoms with Crippen LogP contribution in [0.5, 0.6) is 0 Å². The Morgan fingerprint density at radius 1 is 1.60 bits per heavy atom. The molecule has 0 radical (unpaired) electrons. The van der Waals surface area contributed by atoms with E-state index < -0.39 is 5.97 Å². The quantitative estimate of drug-likeness (QED) is 0.519. The Morgan fingerprint density at radius 3 is 3.00 bits per heavy atom. The lowest BCUT2D eigenvalue weighted by Gasteiger charge is -2.08. The molecule has 0 aliphatic carbocycles. The van der Waals surface area contributed by atoms with Gasteiger partial charge in [-0.25, -0.2) is 4.79 Å². The number of rotatable bonds is 6. The van der Waals surface area contributed by atoms with Gasteiger partial charge in [-0.3, -0.25) is 5.32 Å². The summed E-state index contributed by atoms with van der Waals surface area (Å²) in [7, 11) is 0. The standard InChI is InChI=1S/C11H19NO3/c1-9(11(13)14)5-3-2-4-6-10-12-7-8-15-10/h5,10,12H,2-4,6-8H2,1H3,(H,13,14). The highest BCUT2D eigenvalue weighted by atomic mass is 16.5. The second-order valence-corrected chi connectivity index (χ2v) is 3.79. The van der Waals surface area contributed by atoms with Gasteiger partial charge in [0.05, 0.1) is 6.61 Å². The van der Waals surface area contributed by atoms with Crippen LogP contribution < -0.4 is 5.32 Å². The summed E-state index contributed by atoms with van der Waals surface area (Å²) in [5, 5.41) is 11.9. The average Bonchev–Trinajstić information content (AvgIpc) is 2.69. The van der Waals surface area contributed by atoms with E-state index >= 15 is 0 Å². The lowest BCUT2D eigenvalue weighted by Crippen LogP contribution is -2.21. The van der Waals surface area contributed by atoms with Gasteiger partial charge in [0, 0.05) is 12.1 Å². The molecule has 4 heteroatoms. The maximum absolute atomic E-state index is 10.5. The van der Waals surface area contributed by atoms with Crippen molar-refractivity contribution in [2.45, 2.75) is 38.8 Å². The van der Waals surface area contributed by atoms with Crippen LogP contribution in [0.15, 0.2) is 11.6 Å². The monoisotopic (exact) mass is 213 g/mol. The van der Waals surface area contributed by atoms with Gasteiger partial charge in [0.25, 0.3) is 0 Å². The number of aliphatic carboxylic acids is 1. The van der Waals surface area contributed by atoms with Crippen LogP contribution in [0, 0.1) is 0 Å². The van der Waals surface area contributed by atoms with Crippen molar-refractivity contribution in [3.05, 3.63) is 11.6 Å². The molecule has 0 saturated carbocycles. The molecular weight excluding hydrogens is 194 g/mol. The second kappa shape index (κ2) is 6.58. The molecule has 1 rings (SSSR count). The number of carboxylic acid groups (broad SMARTS) is 1. The summed E-state index contributed by atoms with van der Waals surface area (Å²) in [5.41, 5.74) is 0.435. The van der Waals surface area contributed by atoms with Gasteiger partial charge in [0.2, 0.25) is 0 Å². The summed E-state index contributed by atoms with van der Waals surface area (Å²) >= 11 is 0. The molecule has 0 aromatic heterocycles. The summed E-state index contributed by atoms with van der Waals surface area (Å²) in [4.78, 5) is 10.5. The van der Waals surface area contributed by atoms with Crippen molar-refractivity contribution >= 4 is 5.97 Å². The first-order chi connectivity index (χ1) is 7.20. The number of carbonyl (C=O) groups is 1. The normalized spacial score (nSPS) is 21.9. The third-order valence-corrected chi connectivity index (χ3v) is 2.50. The molecule has 4 nitrogen and oxygen atoms in total. The van der Waals surface area contributed by atoms with E-state index in [-0.39, 0.29) is 6.23 Å². The SMILES string of the molecule is CC(=CCCCCC1NCCO1)C(=O)O. The number of ether oxygens (including phenoxy) is 1. The van der Waals surface area contributed by atoms with Crippen molar-refractivity contribution in [1.82, 2.24) is 5.32 Å². The van der Waals surface area contributed by atoms with Crippen molar-refractivity contribution in [3.8, 4) is 0 Å². The predicted octanol–water partition coefficient (Wildman–Crippen LogP) is 1.52. The molecule has 0 aromatic carbocycles. The summed E-state index contributed by atoms with van der Waals surface area (Å²) in [5.74, 6) is -0.823. The molecule has 15 heavy (non-hydrogen) atoms. The van der Waals surface area contributed by atoms with Gasteiger partial charge >= 0.3 is 5.97 Å². The molecule has 1 aliphatic heterocycles. The largest absolute Gasteiger partial charge is 0.478 e. The maximum atomic E-state index is 10.5. The van der Waals surface area contributed by atoms with E-state index in [4.69, 9.17) is 9.84 Å². The van der Waals surface area contributed by atoms with E-state index in [1.807, 2.05) is 0 Å². The molecule has 0 aromatic rings. The molecule has 2 N–H and O–H groups in total. The van der Waals surface area contributed by atoms with Crippen LogP contribution in [0.2, 0.25) is 0 Å². The summed E-state index contributed by atoms with van der Waals surface area (Å²) in [6.07, 6.45) is 5.94. The minimum atomic E-state index is -0.823. The van der Waals surface area contributed by atoms with Crippen LogP contribution in [-0.2, 0) is 9.53 Å². The lowest BCUT2D eigenvalue weighted by molar-refractivity contribution is -0.132. The number of hydrogen-bond donors (Lipinski definition) is 2. The van der Waals surface area contributed by atoms with E-state index in [1.165, 1.54) is 0 Å². The number of unbranched alkanes of at least 4 members (excludes halogenated alkanes) is 2. The predicted molar refractivity (Wildman–Crippen MR) is 57.6 cm³/mol. The molecule has 0 bridgehead atoms. The zero-order chi connectivity index (χ0) is 11.1. The van der Waals surface area contributed by atoms with Crippen molar-refractivity contribution in [1.29, 1.82) is 0 Å². The van der Waals surface area contributed by atoms with E-state index in [2.05, 4.69) is 5.32 Å². The molecule has 1 fully saturated rings. The molecule has 0 spiro atoms. The topological polar surface area (TPSA) is 58.6 Å². The van der Waals surface area contributed by atoms with Crippen LogP contribution in [0.3, 0.4) is 0 Å². The van der Waals surface area contributed by atoms with Crippen molar-refractivity contribution in [3.63, 3.8) is 0 Å². The van der Waals surface area contributed by atoms with Gasteiger partial charge in [0.1, 0.15) is 6.23 Å². The third-order valence-electron chi connectivity index (χ3n) is 2.50. The fourth-order valence-corrected chi connectivity index (χ4v) is 1.55. The number of carboxylic acids is 1. The summed E-state index contributed by atoms with van der Waals surface area (Å²) in [6.45, 7) is 3.38. The van der Waals surface area contributed by atoms with Crippen LogP contribution in [0.1, 0.15) is 32.6 Å². The molecule has 1 saturated heterocycles. The van der Waals surface area contributed by atoms with Gasteiger partial charge in [-0.1, -0.05) is 6.08 Å². The summed E-state index contributed by atoms with van der Waals surface area (Å²) < 4.78 is 5.40. The second-order valence-electron chi connectivity index (χ2n) is 3.79. The average molecular weight is 213 g/mol. The summed E-state index contributed by atoms with van der Waals surface area (Å²) in [6, 6.07) is 0. The van der Waals surface area contributed by atoms with Gasteiger partial charge in [0.15, 0.2) is 0 Å². The molecular formula is C11H19NO3. The number of allylic oxidation sites excluding steroid dienone is 1. The third kappa shape index (κ3) is 4.95. The van der Waals surface area contributed by atoms with E-state index in [9.17, 15) is 4.79 Å². The molecule has 0 amide bonds. The van der Waals surface area contributed by atoms with E-state index in [1.54, 1.807) is 13.0 Å². The Bertz CT molecular complexity index is 232. The Balaban J connectivity index is 2.01. The maximum Gasteiger partial charge on any atom is 0.330 e. The van der Waals surface area contributed by atoms with E-state index in [0.29, 0.717) is 5.57 Å². The highest BCUT2D eigenvalue weighted by molar-refractivity contribution is 5.85. The van der Waals surface area contributed by atoms with Crippen molar-refractivity contribution < 1.29 is 14.6 Å². The first-order valence-electron chi connectivity index (χ1n) is 5.45. The van der Waals surface area contributed by atoms with Crippen LogP contribution in [-0.4, -0.2) is 30.5 Å². The minimum absolute atomic E-state index is 0.217. The molecule has 86 valence electrons. The Labute approximate surface area is 90.3 Å². The zero-order valence-corrected chi connectivity index (χ0v) is 9.16. The van der Waals surface area contributed by atoms with Crippen molar-refractivity contribution in [2.75, 3.05) is 13.2 Å². The Kier molecular flexibility index (Phi) is 5.36.